The van der Waals surface area contributed by atoms with Crippen molar-refractivity contribution in [2.75, 3.05) is 6.54 Å². The molecule has 1 rings (SSSR count). The molecule has 1 fully saturated rings. The van der Waals surface area contributed by atoms with E-state index in [0.29, 0.717) is 12.6 Å². The molecule has 4 nitrogen and oxygen atoms in total. The van der Waals surface area contributed by atoms with Crippen molar-refractivity contribution in [3.63, 3.8) is 0 Å². The number of aliphatic imine (C=N–C) groups is 2. The first-order chi connectivity index (χ1) is 7.35. The fourth-order valence-electron chi connectivity index (χ4n) is 1.39. The van der Waals surface area contributed by atoms with Crippen LogP contribution in [0.5, 0.6) is 0 Å². The Hall–Kier alpha value is -1.50. The Morgan fingerprint density at radius 1 is 1.20 bits per heavy atom. The van der Waals surface area contributed by atoms with Gasteiger partial charge < -0.3 is 0 Å². The molecule has 82 valence electrons. The van der Waals surface area contributed by atoms with Gasteiger partial charge in [-0.3, -0.25) is 0 Å². The van der Waals surface area contributed by atoms with Gasteiger partial charge in [0.15, 0.2) is 0 Å². The largest absolute Gasteiger partial charge is 0.235 e. The topological polar surface area (TPSA) is 58.9 Å². The molecule has 0 N–H and O–H groups in total. The third-order valence-electron chi connectivity index (χ3n) is 2.09. The summed E-state index contributed by atoms with van der Waals surface area (Å²) in [6.07, 6.45) is 10.5. The average Bonchev–Trinajstić information content (AvgIpc) is 2.29. The highest BCUT2D eigenvalue weighted by Gasteiger charge is 2.10. The number of hydrogen-bond acceptors (Lipinski definition) is 4. The molecule has 0 aromatic rings. The lowest BCUT2D eigenvalue weighted by atomic mass is 9.96. The first kappa shape index (κ1) is 13.5. The van der Waals surface area contributed by atoms with Crippen molar-refractivity contribution in [2.45, 2.75) is 38.1 Å². The standard InChI is InChI=1S/C7H11NO.C4H5NO/c9-6-8-7-4-2-1-3-5-7;1-2-3-5-4-6/h7H,1-5H2;2H,1,3H2. The summed E-state index contributed by atoms with van der Waals surface area (Å²) in [5.41, 5.74) is 0. The van der Waals surface area contributed by atoms with E-state index in [-0.39, 0.29) is 0 Å². The second kappa shape index (κ2) is 10.6. The number of nitrogens with zero attached hydrogens (tertiary/aromatic N) is 2. The van der Waals surface area contributed by atoms with E-state index in [1.54, 1.807) is 6.08 Å². The van der Waals surface area contributed by atoms with E-state index < -0.39 is 0 Å². The van der Waals surface area contributed by atoms with E-state index in [2.05, 4.69) is 16.6 Å². The molecule has 0 bridgehead atoms. The maximum Gasteiger partial charge on any atom is 0.235 e. The normalized spacial score (nSPS) is 14.9. The Morgan fingerprint density at radius 2 is 1.87 bits per heavy atom. The summed E-state index contributed by atoms with van der Waals surface area (Å²) in [7, 11) is 0. The van der Waals surface area contributed by atoms with Gasteiger partial charge in [-0.2, -0.15) is 0 Å². The van der Waals surface area contributed by atoms with E-state index in [1.165, 1.54) is 31.4 Å². The predicted molar refractivity (Wildman–Crippen MR) is 58.2 cm³/mol. The van der Waals surface area contributed by atoms with Gasteiger partial charge in [0, 0.05) is 0 Å². The van der Waals surface area contributed by atoms with Crippen molar-refractivity contribution in [2.24, 2.45) is 9.98 Å². The van der Waals surface area contributed by atoms with Gasteiger partial charge in [0.2, 0.25) is 12.2 Å². The average molecular weight is 208 g/mol. The zero-order valence-corrected chi connectivity index (χ0v) is 8.82. The molecule has 4 heteroatoms. The summed E-state index contributed by atoms with van der Waals surface area (Å²) in [5.74, 6) is 0. The predicted octanol–water partition coefficient (Wildman–Crippen LogP) is 2.16. The van der Waals surface area contributed by atoms with Crippen LogP contribution in [-0.4, -0.2) is 24.7 Å². The molecule has 0 atom stereocenters. The van der Waals surface area contributed by atoms with Crippen molar-refractivity contribution in [1.82, 2.24) is 0 Å². The molecule has 1 saturated carbocycles. The van der Waals surface area contributed by atoms with Gasteiger partial charge in [-0.1, -0.05) is 25.3 Å². The Balaban J connectivity index is 0.000000288. The molecule has 0 spiro atoms. The molecule has 15 heavy (non-hydrogen) atoms. The number of hydrogen-bond donors (Lipinski definition) is 0. The van der Waals surface area contributed by atoms with Crippen LogP contribution >= 0.6 is 0 Å². The van der Waals surface area contributed by atoms with Gasteiger partial charge >= 0.3 is 0 Å². The number of rotatable bonds is 3. The van der Waals surface area contributed by atoms with Crippen LogP contribution in [0.3, 0.4) is 0 Å². The van der Waals surface area contributed by atoms with Crippen LogP contribution in [0, 0.1) is 0 Å². The smallest absolute Gasteiger partial charge is 0.211 e. The fourth-order valence-corrected chi connectivity index (χ4v) is 1.39. The molecule has 0 radical (unpaired) electrons. The zero-order chi connectivity index (χ0) is 11.4. The lowest BCUT2D eigenvalue weighted by Gasteiger charge is -2.14. The first-order valence-corrected chi connectivity index (χ1v) is 5.06. The highest BCUT2D eigenvalue weighted by Crippen LogP contribution is 2.19. The third kappa shape index (κ3) is 8.82. The Kier molecular flexibility index (Phi) is 9.52. The SMILES string of the molecule is C=CCN=C=O.O=C=NC1CCCCC1. The number of isocyanates is 2. The summed E-state index contributed by atoms with van der Waals surface area (Å²) < 4.78 is 0. The highest BCUT2D eigenvalue weighted by molar-refractivity contribution is 5.33. The monoisotopic (exact) mass is 208 g/mol. The molecule has 0 unspecified atom stereocenters. The van der Waals surface area contributed by atoms with E-state index in [0.717, 1.165) is 12.8 Å². The van der Waals surface area contributed by atoms with E-state index in [9.17, 15) is 9.59 Å². The molecular weight excluding hydrogens is 192 g/mol. The second-order valence-corrected chi connectivity index (χ2v) is 3.23. The maximum absolute atomic E-state index is 9.78. The summed E-state index contributed by atoms with van der Waals surface area (Å²) in [4.78, 5) is 25.9. The molecular formula is C11H16N2O2. The van der Waals surface area contributed by atoms with E-state index >= 15 is 0 Å². The Bertz CT molecular complexity index is 258. The lowest BCUT2D eigenvalue weighted by molar-refractivity contribution is 0.439. The van der Waals surface area contributed by atoms with E-state index in [1.807, 2.05) is 0 Å². The van der Waals surface area contributed by atoms with Gasteiger partial charge in [-0.15, -0.1) is 6.58 Å². The molecule has 0 aromatic heterocycles. The van der Waals surface area contributed by atoms with Gasteiger partial charge in [-0.25, -0.2) is 19.6 Å². The highest BCUT2D eigenvalue weighted by atomic mass is 16.1. The van der Waals surface area contributed by atoms with Crippen LogP contribution < -0.4 is 0 Å². The fraction of sp³-hybridized carbons (Fsp3) is 0.636. The first-order valence-electron chi connectivity index (χ1n) is 5.06. The van der Waals surface area contributed by atoms with Crippen molar-refractivity contribution in [1.29, 1.82) is 0 Å². The van der Waals surface area contributed by atoms with E-state index in [4.69, 9.17) is 0 Å². The molecule has 0 aromatic carbocycles. The lowest BCUT2D eigenvalue weighted by Crippen LogP contribution is -2.08. The summed E-state index contributed by atoms with van der Waals surface area (Å²) in [6, 6.07) is 0.302. The Labute approximate surface area is 89.8 Å². The van der Waals surface area contributed by atoms with Crippen LogP contribution in [0.15, 0.2) is 22.6 Å². The van der Waals surface area contributed by atoms with Gasteiger partial charge in [0.25, 0.3) is 0 Å². The minimum Gasteiger partial charge on any atom is -0.211 e. The third-order valence-corrected chi connectivity index (χ3v) is 2.09. The molecule has 1 aliphatic carbocycles. The van der Waals surface area contributed by atoms with Crippen LogP contribution in [0.25, 0.3) is 0 Å². The van der Waals surface area contributed by atoms with Gasteiger partial charge in [0.1, 0.15) is 0 Å². The van der Waals surface area contributed by atoms with Crippen LogP contribution in [0.2, 0.25) is 0 Å². The molecule has 0 saturated heterocycles. The molecule has 1 aliphatic rings. The quantitative estimate of drug-likeness (QED) is 0.405. The van der Waals surface area contributed by atoms with Crippen LogP contribution in [0.4, 0.5) is 0 Å². The Morgan fingerprint density at radius 3 is 2.27 bits per heavy atom. The maximum atomic E-state index is 9.78. The summed E-state index contributed by atoms with van der Waals surface area (Å²) in [6.45, 7) is 3.70. The van der Waals surface area contributed by atoms with Crippen molar-refractivity contribution >= 4 is 12.2 Å². The molecule has 0 heterocycles. The van der Waals surface area contributed by atoms with Crippen molar-refractivity contribution in [3.8, 4) is 0 Å². The molecule has 0 aliphatic heterocycles. The zero-order valence-electron chi connectivity index (χ0n) is 8.82. The van der Waals surface area contributed by atoms with Crippen molar-refractivity contribution < 1.29 is 9.59 Å². The van der Waals surface area contributed by atoms with Crippen LogP contribution in [0.1, 0.15) is 32.1 Å². The van der Waals surface area contributed by atoms with Gasteiger partial charge in [-0.05, 0) is 12.8 Å². The second-order valence-electron chi connectivity index (χ2n) is 3.23. The molecule has 0 amide bonds. The minimum absolute atomic E-state index is 0.302. The van der Waals surface area contributed by atoms with Gasteiger partial charge in [0.05, 0.1) is 12.6 Å². The summed E-state index contributed by atoms with van der Waals surface area (Å²) >= 11 is 0. The minimum atomic E-state index is 0.302. The van der Waals surface area contributed by atoms with Crippen molar-refractivity contribution in [3.05, 3.63) is 12.7 Å². The van der Waals surface area contributed by atoms with Crippen LogP contribution in [-0.2, 0) is 9.59 Å². The number of carbonyl (C=O) groups excluding carboxylic acids is 2. The summed E-state index contributed by atoms with van der Waals surface area (Å²) in [5, 5.41) is 0.